The van der Waals surface area contributed by atoms with Gasteiger partial charge in [-0.25, -0.2) is 13.2 Å². The molecule has 3 aliphatic rings. The topological polar surface area (TPSA) is 31.5 Å². The molecule has 0 radical (unpaired) electrons. The first-order valence-corrected chi connectivity index (χ1v) is 8.46. The van der Waals surface area contributed by atoms with Gasteiger partial charge in [0.15, 0.2) is 6.17 Å². The van der Waals surface area contributed by atoms with Crippen LogP contribution in [0.25, 0.3) is 0 Å². The van der Waals surface area contributed by atoms with Gasteiger partial charge in [0.25, 0.3) is 0 Å². The molecule has 1 nitrogen and oxygen atoms in total. The van der Waals surface area contributed by atoms with Gasteiger partial charge >= 0.3 is 0 Å². The lowest BCUT2D eigenvalue weighted by molar-refractivity contribution is -0.0156. The fourth-order valence-electron chi connectivity index (χ4n) is 5.13. The Bertz CT molecular complexity index is 326. The predicted molar refractivity (Wildman–Crippen MR) is 85.1 cm³/mol. The molecule has 22 heavy (non-hydrogen) atoms. The van der Waals surface area contributed by atoms with E-state index in [1.54, 1.807) is 0 Å². The number of halogens is 3. The molecule has 0 aromatic carbocycles. The third-order valence-electron chi connectivity index (χ3n) is 6.33. The van der Waals surface area contributed by atoms with E-state index in [4.69, 9.17) is 0 Å². The van der Waals surface area contributed by atoms with E-state index in [0.717, 1.165) is 30.6 Å². The highest BCUT2D eigenvalue weighted by molar-refractivity contribution is 4.93. The summed E-state index contributed by atoms with van der Waals surface area (Å²) in [6.45, 7) is 2.34. The summed E-state index contributed by atoms with van der Waals surface area (Å²) < 4.78 is 40.5. The smallest absolute Gasteiger partial charge is 0.162 e. The van der Waals surface area contributed by atoms with Crippen molar-refractivity contribution in [3.8, 4) is 0 Å². The Labute approximate surface area is 133 Å². The number of alkyl halides is 3. The molecule has 4 heteroatoms. The molecule has 3 saturated carbocycles. The Hall–Kier alpha value is -0.250. The summed E-state index contributed by atoms with van der Waals surface area (Å²) >= 11 is 0. The van der Waals surface area contributed by atoms with Gasteiger partial charge in [0.05, 0.1) is 0 Å². The van der Waals surface area contributed by atoms with Crippen LogP contribution in [0.1, 0.15) is 65.7 Å². The van der Waals surface area contributed by atoms with Gasteiger partial charge in [-0.3, -0.25) is 0 Å². The highest BCUT2D eigenvalue weighted by atomic mass is 19.2. The molecule has 3 fully saturated rings. The van der Waals surface area contributed by atoms with Crippen molar-refractivity contribution in [3.63, 3.8) is 0 Å². The molecule has 0 spiro atoms. The van der Waals surface area contributed by atoms with Gasteiger partial charge in [-0.05, 0) is 74.5 Å². The molecule has 3 rings (SSSR count). The van der Waals surface area contributed by atoms with Gasteiger partial charge in [0.2, 0.25) is 0 Å². The maximum absolute atomic E-state index is 13.6. The lowest BCUT2D eigenvalue weighted by Crippen LogP contribution is -2.41. The van der Waals surface area contributed by atoms with Crippen molar-refractivity contribution in [2.24, 2.45) is 29.6 Å². The number of fused-ring (bicyclic) bond motifs is 1. The highest BCUT2D eigenvalue weighted by Crippen LogP contribution is 2.49. The van der Waals surface area contributed by atoms with E-state index in [-0.39, 0.29) is 31.7 Å². The standard InChI is InChI=1S/C17H27F3.CH4.H2O/c1-10-2-3-12-7-13(5-4-11(12)6-10)14-8-15(18)17(20)16(19)9-14;;/h10-17H,2-9H2,1H3;1H4;1H2. The molecule has 0 heterocycles. The highest BCUT2D eigenvalue weighted by Gasteiger charge is 2.44. The lowest BCUT2D eigenvalue weighted by atomic mass is 9.61. The normalized spacial score (nSPS) is 48.5. The Kier molecular flexibility index (Phi) is 7.22. The average Bonchev–Trinajstić information content (AvgIpc) is 2.43. The lowest BCUT2D eigenvalue weighted by Gasteiger charge is -2.45. The van der Waals surface area contributed by atoms with E-state index < -0.39 is 18.5 Å². The van der Waals surface area contributed by atoms with Gasteiger partial charge in [0, 0.05) is 0 Å². The van der Waals surface area contributed by atoms with E-state index >= 15 is 0 Å². The van der Waals surface area contributed by atoms with Crippen LogP contribution in [0.2, 0.25) is 0 Å². The van der Waals surface area contributed by atoms with Crippen LogP contribution in [-0.2, 0) is 0 Å². The number of rotatable bonds is 1. The summed E-state index contributed by atoms with van der Waals surface area (Å²) in [6, 6.07) is 0. The third kappa shape index (κ3) is 3.98. The van der Waals surface area contributed by atoms with Crippen LogP contribution in [0.5, 0.6) is 0 Å². The van der Waals surface area contributed by atoms with E-state index in [2.05, 4.69) is 6.92 Å². The Morgan fingerprint density at radius 3 is 1.68 bits per heavy atom. The second-order valence-electron chi connectivity index (χ2n) is 7.72. The number of hydrogen-bond donors (Lipinski definition) is 0. The molecular formula is C18H33F3O. The first kappa shape index (κ1) is 19.8. The van der Waals surface area contributed by atoms with Gasteiger partial charge in [0.1, 0.15) is 12.3 Å². The van der Waals surface area contributed by atoms with Crippen molar-refractivity contribution in [3.05, 3.63) is 0 Å². The molecule has 6 unspecified atom stereocenters. The molecule has 0 saturated heterocycles. The summed E-state index contributed by atoms with van der Waals surface area (Å²) in [5.41, 5.74) is 0. The van der Waals surface area contributed by atoms with Crippen molar-refractivity contribution in [2.75, 3.05) is 0 Å². The fraction of sp³-hybridized carbons (Fsp3) is 1.00. The first-order chi connectivity index (χ1) is 9.54. The van der Waals surface area contributed by atoms with Crippen LogP contribution in [0.15, 0.2) is 0 Å². The monoisotopic (exact) mass is 322 g/mol. The first-order valence-electron chi connectivity index (χ1n) is 8.46. The minimum atomic E-state index is -1.88. The zero-order valence-electron chi connectivity index (χ0n) is 12.9. The van der Waals surface area contributed by atoms with Gasteiger partial charge in [-0.1, -0.05) is 20.8 Å². The minimum absolute atomic E-state index is 0. The largest absolute Gasteiger partial charge is 0.412 e. The van der Waals surface area contributed by atoms with E-state index in [1.807, 2.05) is 0 Å². The molecule has 0 bridgehead atoms. The van der Waals surface area contributed by atoms with E-state index in [9.17, 15) is 13.2 Å². The zero-order valence-corrected chi connectivity index (χ0v) is 12.9. The van der Waals surface area contributed by atoms with Crippen LogP contribution in [0, 0.1) is 29.6 Å². The molecule has 132 valence electrons. The third-order valence-corrected chi connectivity index (χ3v) is 6.33. The molecule has 0 aromatic rings. The van der Waals surface area contributed by atoms with Crippen molar-refractivity contribution < 1.29 is 18.6 Å². The predicted octanol–water partition coefficient (Wildman–Crippen LogP) is 5.07. The van der Waals surface area contributed by atoms with Crippen LogP contribution in [0.4, 0.5) is 13.2 Å². The van der Waals surface area contributed by atoms with Crippen LogP contribution in [-0.4, -0.2) is 24.0 Å². The number of hydrogen-bond acceptors (Lipinski definition) is 0. The average molecular weight is 322 g/mol. The zero-order chi connectivity index (χ0) is 14.3. The maximum atomic E-state index is 13.6. The van der Waals surface area contributed by atoms with Crippen molar-refractivity contribution >= 4 is 0 Å². The van der Waals surface area contributed by atoms with E-state index in [1.165, 1.54) is 25.7 Å². The van der Waals surface area contributed by atoms with Gasteiger partial charge < -0.3 is 5.48 Å². The second-order valence-corrected chi connectivity index (χ2v) is 7.72. The molecule has 6 atom stereocenters. The molecule has 0 aliphatic heterocycles. The van der Waals surface area contributed by atoms with Gasteiger partial charge in [-0.15, -0.1) is 0 Å². The molecule has 0 aromatic heterocycles. The molecule has 2 N–H and O–H groups in total. The minimum Gasteiger partial charge on any atom is -0.412 e. The quantitative estimate of drug-likeness (QED) is 0.645. The molecule has 0 amide bonds. The summed E-state index contributed by atoms with van der Waals surface area (Å²) in [5, 5.41) is 0. The molecule has 3 aliphatic carbocycles. The van der Waals surface area contributed by atoms with E-state index in [0.29, 0.717) is 5.92 Å². The molecular weight excluding hydrogens is 289 g/mol. The fourth-order valence-corrected chi connectivity index (χ4v) is 5.13. The Balaban J connectivity index is 0.00000121. The van der Waals surface area contributed by atoms with Crippen molar-refractivity contribution in [1.29, 1.82) is 0 Å². The maximum Gasteiger partial charge on any atom is 0.162 e. The SMILES string of the molecule is C.CC1CCC2CC(C3CC(F)C(F)C(F)C3)CCC2C1.O. The Morgan fingerprint density at radius 2 is 1.09 bits per heavy atom. The summed E-state index contributed by atoms with van der Waals surface area (Å²) in [7, 11) is 0. The summed E-state index contributed by atoms with van der Waals surface area (Å²) in [5.74, 6) is 2.97. The van der Waals surface area contributed by atoms with Crippen LogP contribution >= 0.6 is 0 Å². The Morgan fingerprint density at radius 1 is 0.636 bits per heavy atom. The van der Waals surface area contributed by atoms with Crippen LogP contribution in [0.3, 0.4) is 0 Å². The van der Waals surface area contributed by atoms with Gasteiger partial charge in [-0.2, -0.15) is 0 Å². The second kappa shape index (κ2) is 8.03. The van der Waals surface area contributed by atoms with Crippen molar-refractivity contribution in [2.45, 2.75) is 84.2 Å². The summed E-state index contributed by atoms with van der Waals surface area (Å²) in [4.78, 5) is 0. The van der Waals surface area contributed by atoms with Crippen LogP contribution < -0.4 is 0 Å². The van der Waals surface area contributed by atoms with Crippen molar-refractivity contribution in [1.82, 2.24) is 0 Å². The summed E-state index contributed by atoms with van der Waals surface area (Å²) in [6.07, 6.45) is 2.88.